The van der Waals surface area contributed by atoms with E-state index in [4.69, 9.17) is 0 Å². The van der Waals surface area contributed by atoms with Crippen LogP contribution in [0.4, 0.5) is 19.0 Å². The number of alkyl halides is 3. The monoisotopic (exact) mass is 314 g/mol. The Labute approximate surface area is 128 Å². The minimum absolute atomic E-state index is 0.249. The van der Waals surface area contributed by atoms with Gasteiger partial charge in [-0.2, -0.15) is 13.2 Å². The topological polar surface area (TPSA) is 49.8 Å². The van der Waals surface area contributed by atoms with E-state index < -0.39 is 12.6 Å². The molecule has 0 bridgehead atoms. The Balaban J connectivity index is 2.20. The number of nitrogens with zero attached hydrogens (tertiary/aromatic N) is 2. The van der Waals surface area contributed by atoms with E-state index in [9.17, 15) is 13.2 Å². The van der Waals surface area contributed by atoms with Gasteiger partial charge in [-0.25, -0.2) is 9.97 Å². The van der Waals surface area contributed by atoms with Crippen LogP contribution in [0.2, 0.25) is 0 Å². The highest BCUT2D eigenvalue weighted by Gasteiger charge is 2.27. The SMILES string of the molecule is C/C(=C\c1c(C)ncnc1NC1CCNCC1)CC(F)(F)F. The van der Waals surface area contributed by atoms with Crippen LogP contribution >= 0.6 is 0 Å². The zero-order valence-corrected chi connectivity index (χ0v) is 12.8. The summed E-state index contributed by atoms with van der Waals surface area (Å²) in [5.41, 5.74) is 1.56. The lowest BCUT2D eigenvalue weighted by Crippen LogP contribution is -2.35. The van der Waals surface area contributed by atoms with Gasteiger partial charge < -0.3 is 10.6 Å². The van der Waals surface area contributed by atoms with E-state index in [1.807, 2.05) is 0 Å². The third-order valence-electron chi connectivity index (χ3n) is 3.63. The highest BCUT2D eigenvalue weighted by atomic mass is 19.4. The van der Waals surface area contributed by atoms with Crippen molar-refractivity contribution in [3.8, 4) is 0 Å². The van der Waals surface area contributed by atoms with E-state index in [2.05, 4.69) is 20.6 Å². The summed E-state index contributed by atoms with van der Waals surface area (Å²) in [4.78, 5) is 8.31. The van der Waals surface area contributed by atoms with Gasteiger partial charge in [-0.1, -0.05) is 11.6 Å². The number of piperidine rings is 1. The molecule has 1 aliphatic rings. The van der Waals surface area contributed by atoms with Gasteiger partial charge in [0.1, 0.15) is 12.1 Å². The fraction of sp³-hybridized carbons (Fsp3) is 0.600. The molecule has 0 atom stereocenters. The second-order valence-corrected chi connectivity index (χ2v) is 5.67. The molecule has 1 fully saturated rings. The van der Waals surface area contributed by atoms with Crippen LogP contribution in [0.15, 0.2) is 11.9 Å². The number of rotatable bonds is 4. The molecule has 0 spiro atoms. The standard InChI is InChI=1S/C15H21F3N4/c1-10(8-15(16,17)18)7-13-11(2)20-9-21-14(13)22-12-3-5-19-6-4-12/h7,9,12,19H,3-6,8H2,1-2H3,(H,20,21,22)/b10-7+. The summed E-state index contributed by atoms with van der Waals surface area (Å²) in [6, 6.07) is 0.283. The van der Waals surface area contributed by atoms with Gasteiger partial charge in [-0.3, -0.25) is 0 Å². The molecule has 0 amide bonds. The zero-order valence-electron chi connectivity index (χ0n) is 12.8. The number of aromatic nitrogens is 2. The first-order chi connectivity index (χ1) is 10.3. The summed E-state index contributed by atoms with van der Waals surface area (Å²) < 4.78 is 37.5. The minimum Gasteiger partial charge on any atom is -0.367 e. The molecule has 0 saturated carbocycles. The summed E-state index contributed by atoms with van der Waals surface area (Å²) in [7, 11) is 0. The Kier molecular flexibility index (Phi) is 5.39. The summed E-state index contributed by atoms with van der Waals surface area (Å²) in [6.45, 7) is 5.12. The summed E-state index contributed by atoms with van der Waals surface area (Å²) in [5, 5.41) is 6.62. The first-order valence-electron chi connectivity index (χ1n) is 7.38. The van der Waals surface area contributed by atoms with Crippen LogP contribution in [-0.4, -0.2) is 35.3 Å². The first kappa shape index (κ1) is 16.7. The summed E-state index contributed by atoms with van der Waals surface area (Å²) >= 11 is 0. The molecule has 0 unspecified atom stereocenters. The van der Waals surface area contributed by atoms with Crippen LogP contribution in [0.5, 0.6) is 0 Å². The van der Waals surface area contributed by atoms with E-state index in [0.717, 1.165) is 25.9 Å². The normalized spacial score (nSPS) is 17.6. The van der Waals surface area contributed by atoms with Gasteiger partial charge in [0.2, 0.25) is 0 Å². The number of allylic oxidation sites excluding steroid dienone is 1. The Hall–Kier alpha value is -1.63. The molecule has 2 rings (SSSR count). The van der Waals surface area contributed by atoms with E-state index >= 15 is 0 Å². The van der Waals surface area contributed by atoms with Crippen molar-refractivity contribution >= 4 is 11.9 Å². The minimum atomic E-state index is -4.20. The van der Waals surface area contributed by atoms with Crippen molar-refractivity contribution in [2.75, 3.05) is 18.4 Å². The van der Waals surface area contributed by atoms with Gasteiger partial charge in [-0.15, -0.1) is 0 Å². The van der Waals surface area contributed by atoms with Crippen molar-refractivity contribution in [2.24, 2.45) is 0 Å². The zero-order chi connectivity index (χ0) is 16.2. The Bertz CT molecular complexity index is 534. The number of halogens is 3. The fourth-order valence-electron chi connectivity index (χ4n) is 2.54. The molecule has 1 saturated heterocycles. The van der Waals surface area contributed by atoms with E-state index in [-0.39, 0.29) is 11.6 Å². The van der Waals surface area contributed by atoms with Crippen molar-refractivity contribution in [1.82, 2.24) is 15.3 Å². The number of anilines is 1. The van der Waals surface area contributed by atoms with E-state index in [0.29, 0.717) is 17.1 Å². The van der Waals surface area contributed by atoms with Crippen LogP contribution in [0, 0.1) is 6.92 Å². The fourth-order valence-corrected chi connectivity index (χ4v) is 2.54. The van der Waals surface area contributed by atoms with Crippen LogP contribution in [0.3, 0.4) is 0 Å². The quantitative estimate of drug-likeness (QED) is 0.895. The van der Waals surface area contributed by atoms with Crippen LogP contribution in [0.25, 0.3) is 6.08 Å². The van der Waals surface area contributed by atoms with Gasteiger partial charge in [0.15, 0.2) is 0 Å². The van der Waals surface area contributed by atoms with Crippen LogP contribution in [0.1, 0.15) is 37.4 Å². The van der Waals surface area contributed by atoms with Crippen molar-refractivity contribution in [2.45, 2.75) is 45.3 Å². The van der Waals surface area contributed by atoms with Crippen molar-refractivity contribution in [3.05, 3.63) is 23.2 Å². The van der Waals surface area contributed by atoms with E-state index in [1.165, 1.54) is 19.3 Å². The predicted octanol–water partition coefficient (Wildman–Crippen LogP) is 3.30. The maximum absolute atomic E-state index is 12.5. The Morgan fingerprint density at radius 1 is 1.36 bits per heavy atom. The van der Waals surface area contributed by atoms with Gasteiger partial charge in [0.25, 0.3) is 0 Å². The number of hydrogen-bond donors (Lipinski definition) is 2. The molecule has 0 aromatic carbocycles. The molecule has 1 aromatic heterocycles. The largest absolute Gasteiger partial charge is 0.392 e. The van der Waals surface area contributed by atoms with Crippen LogP contribution in [-0.2, 0) is 0 Å². The number of hydrogen-bond acceptors (Lipinski definition) is 4. The van der Waals surface area contributed by atoms with Crippen LogP contribution < -0.4 is 10.6 Å². The molecule has 1 aromatic rings. The number of aryl methyl sites for hydroxylation is 1. The van der Waals surface area contributed by atoms with Crippen molar-refractivity contribution in [3.63, 3.8) is 0 Å². The predicted molar refractivity (Wildman–Crippen MR) is 80.6 cm³/mol. The van der Waals surface area contributed by atoms with Gasteiger partial charge >= 0.3 is 6.18 Å². The lowest BCUT2D eigenvalue weighted by molar-refractivity contribution is -0.126. The smallest absolute Gasteiger partial charge is 0.367 e. The maximum Gasteiger partial charge on any atom is 0.392 e. The first-order valence-corrected chi connectivity index (χ1v) is 7.38. The Morgan fingerprint density at radius 2 is 2.05 bits per heavy atom. The summed E-state index contributed by atoms with van der Waals surface area (Å²) in [5.74, 6) is 0.612. The second-order valence-electron chi connectivity index (χ2n) is 5.67. The third kappa shape index (κ3) is 4.98. The maximum atomic E-state index is 12.5. The lowest BCUT2D eigenvalue weighted by atomic mass is 10.1. The second kappa shape index (κ2) is 7.09. The molecule has 1 aliphatic heterocycles. The lowest BCUT2D eigenvalue weighted by Gasteiger charge is -2.25. The number of nitrogens with one attached hydrogen (secondary N) is 2. The average Bonchev–Trinajstić information content (AvgIpc) is 2.42. The molecule has 7 heteroatoms. The molecule has 122 valence electrons. The molecule has 0 aliphatic carbocycles. The van der Waals surface area contributed by atoms with Gasteiger partial charge in [0, 0.05) is 11.6 Å². The van der Waals surface area contributed by atoms with Gasteiger partial charge in [-0.05, 0) is 39.8 Å². The average molecular weight is 314 g/mol. The Morgan fingerprint density at radius 3 is 2.68 bits per heavy atom. The van der Waals surface area contributed by atoms with Crippen molar-refractivity contribution < 1.29 is 13.2 Å². The molecule has 2 N–H and O–H groups in total. The molecular formula is C15H21F3N4. The molecule has 2 heterocycles. The molecule has 0 radical (unpaired) electrons. The highest BCUT2D eigenvalue weighted by molar-refractivity contribution is 5.66. The highest BCUT2D eigenvalue weighted by Crippen LogP contribution is 2.27. The van der Waals surface area contributed by atoms with Crippen molar-refractivity contribution in [1.29, 1.82) is 0 Å². The summed E-state index contributed by atoms with van der Waals surface area (Å²) in [6.07, 6.45) is -0.218. The van der Waals surface area contributed by atoms with Gasteiger partial charge in [0.05, 0.1) is 12.1 Å². The molecule has 4 nitrogen and oxygen atoms in total. The molecule has 22 heavy (non-hydrogen) atoms. The van der Waals surface area contributed by atoms with E-state index in [1.54, 1.807) is 6.92 Å². The third-order valence-corrected chi connectivity index (χ3v) is 3.63. The molecular weight excluding hydrogens is 293 g/mol.